The SMILES string of the molecule is CCOCCCn1c(SCC(=O)Nc2ccccc2C(C)C)nc2sc(C)c(C)c2c1=O. The monoisotopic (exact) mass is 473 g/mol. The van der Waals surface area contributed by atoms with Crippen LogP contribution in [-0.2, 0) is 16.1 Å². The predicted octanol–water partition coefficient (Wildman–Crippen LogP) is 5.36. The number of para-hydroxylation sites is 1. The minimum absolute atomic E-state index is 0.0404. The lowest BCUT2D eigenvalue weighted by atomic mass is 10.0. The second-order valence-corrected chi connectivity index (χ2v) is 10.1. The highest BCUT2D eigenvalue weighted by Gasteiger charge is 2.18. The molecule has 2 aromatic heterocycles. The number of amides is 1. The molecule has 3 aromatic rings. The number of hydrogen-bond acceptors (Lipinski definition) is 6. The number of thiophene rings is 1. The second kappa shape index (κ2) is 11.1. The minimum Gasteiger partial charge on any atom is -0.382 e. The van der Waals surface area contributed by atoms with Crippen molar-refractivity contribution in [3.8, 4) is 0 Å². The van der Waals surface area contributed by atoms with E-state index in [1.54, 1.807) is 4.57 Å². The van der Waals surface area contributed by atoms with Gasteiger partial charge in [0.1, 0.15) is 4.83 Å². The van der Waals surface area contributed by atoms with Crippen LogP contribution in [0.25, 0.3) is 10.2 Å². The van der Waals surface area contributed by atoms with Gasteiger partial charge in [0.05, 0.1) is 11.1 Å². The average molecular weight is 474 g/mol. The third-order valence-electron chi connectivity index (χ3n) is 5.32. The van der Waals surface area contributed by atoms with E-state index in [1.165, 1.54) is 23.1 Å². The molecule has 2 heterocycles. The molecule has 8 heteroatoms. The Morgan fingerprint density at radius 3 is 2.75 bits per heavy atom. The van der Waals surface area contributed by atoms with Gasteiger partial charge in [-0.25, -0.2) is 4.98 Å². The van der Waals surface area contributed by atoms with Gasteiger partial charge in [0.2, 0.25) is 5.91 Å². The molecule has 0 radical (unpaired) electrons. The molecule has 0 aliphatic heterocycles. The Morgan fingerprint density at radius 2 is 2.03 bits per heavy atom. The molecule has 0 bridgehead atoms. The first kappa shape index (κ1) is 24.5. The van der Waals surface area contributed by atoms with Crippen LogP contribution in [-0.4, -0.2) is 34.4 Å². The van der Waals surface area contributed by atoms with E-state index >= 15 is 0 Å². The van der Waals surface area contributed by atoms with E-state index in [2.05, 4.69) is 19.2 Å². The van der Waals surface area contributed by atoms with E-state index in [-0.39, 0.29) is 17.2 Å². The first-order valence-electron chi connectivity index (χ1n) is 10.9. The molecule has 1 amide bonds. The van der Waals surface area contributed by atoms with Gasteiger partial charge in [0.25, 0.3) is 5.56 Å². The third kappa shape index (κ3) is 5.60. The second-order valence-electron chi connectivity index (χ2n) is 7.94. The summed E-state index contributed by atoms with van der Waals surface area (Å²) in [6.45, 7) is 11.9. The van der Waals surface area contributed by atoms with Gasteiger partial charge in [-0.2, -0.15) is 0 Å². The van der Waals surface area contributed by atoms with Crippen LogP contribution in [0.1, 0.15) is 49.1 Å². The molecule has 0 aliphatic rings. The Morgan fingerprint density at radius 1 is 1.28 bits per heavy atom. The van der Waals surface area contributed by atoms with Crippen LogP contribution in [0.2, 0.25) is 0 Å². The van der Waals surface area contributed by atoms with E-state index in [0.717, 1.165) is 26.5 Å². The number of nitrogens with one attached hydrogen (secondary N) is 1. The molecule has 0 saturated carbocycles. The summed E-state index contributed by atoms with van der Waals surface area (Å²) in [5.74, 6) is 0.375. The molecular formula is C24H31N3O3S2. The standard InChI is InChI=1S/C24H31N3O3S2/c1-6-30-13-9-12-27-23(29)21-16(4)17(5)32-22(21)26-24(27)31-14-20(28)25-19-11-8-7-10-18(19)15(2)3/h7-8,10-11,15H,6,9,12-14H2,1-5H3,(H,25,28). The van der Waals surface area contributed by atoms with Gasteiger partial charge in [0, 0.05) is 30.3 Å². The van der Waals surface area contributed by atoms with Crippen LogP contribution in [0.3, 0.4) is 0 Å². The van der Waals surface area contributed by atoms with Gasteiger partial charge in [-0.1, -0.05) is 43.8 Å². The quantitative estimate of drug-likeness (QED) is 0.244. The number of nitrogens with zero attached hydrogens (tertiary/aromatic N) is 2. The highest BCUT2D eigenvalue weighted by molar-refractivity contribution is 7.99. The zero-order chi connectivity index (χ0) is 23.3. The van der Waals surface area contributed by atoms with Crippen molar-refractivity contribution >= 4 is 44.9 Å². The van der Waals surface area contributed by atoms with E-state index in [4.69, 9.17) is 9.72 Å². The normalized spacial score (nSPS) is 11.4. The molecule has 0 aliphatic carbocycles. The number of anilines is 1. The fraction of sp³-hybridized carbons (Fsp3) is 0.458. The molecule has 32 heavy (non-hydrogen) atoms. The molecule has 0 unspecified atom stereocenters. The number of carbonyl (C=O) groups is 1. The lowest BCUT2D eigenvalue weighted by Gasteiger charge is -2.14. The number of aryl methyl sites for hydroxylation is 2. The maximum Gasteiger partial charge on any atom is 0.263 e. The van der Waals surface area contributed by atoms with E-state index < -0.39 is 0 Å². The van der Waals surface area contributed by atoms with Crippen molar-refractivity contribution in [2.24, 2.45) is 0 Å². The van der Waals surface area contributed by atoms with Crippen LogP contribution < -0.4 is 10.9 Å². The van der Waals surface area contributed by atoms with Gasteiger partial charge >= 0.3 is 0 Å². The van der Waals surface area contributed by atoms with Gasteiger partial charge in [0.15, 0.2) is 5.16 Å². The van der Waals surface area contributed by atoms with E-state index in [1.807, 2.05) is 45.0 Å². The molecule has 0 fully saturated rings. The number of carbonyl (C=O) groups excluding carboxylic acids is 1. The zero-order valence-electron chi connectivity index (χ0n) is 19.4. The highest BCUT2D eigenvalue weighted by atomic mass is 32.2. The van der Waals surface area contributed by atoms with Gasteiger partial charge in [-0.05, 0) is 50.3 Å². The maximum atomic E-state index is 13.3. The molecule has 1 N–H and O–H groups in total. The van der Waals surface area contributed by atoms with Gasteiger partial charge < -0.3 is 10.1 Å². The molecule has 0 spiro atoms. The number of hydrogen-bond donors (Lipinski definition) is 1. The summed E-state index contributed by atoms with van der Waals surface area (Å²) in [7, 11) is 0. The molecular weight excluding hydrogens is 442 g/mol. The Balaban J connectivity index is 1.82. The fourth-order valence-corrected chi connectivity index (χ4v) is 5.41. The minimum atomic E-state index is -0.114. The van der Waals surface area contributed by atoms with Crippen LogP contribution in [0.5, 0.6) is 0 Å². The molecule has 1 aromatic carbocycles. The van der Waals surface area contributed by atoms with Crippen molar-refractivity contribution < 1.29 is 9.53 Å². The summed E-state index contributed by atoms with van der Waals surface area (Å²) in [6.07, 6.45) is 0.713. The fourth-order valence-electron chi connectivity index (χ4n) is 3.52. The van der Waals surface area contributed by atoms with Crippen molar-refractivity contribution in [3.05, 3.63) is 50.6 Å². The van der Waals surface area contributed by atoms with Crippen molar-refractivity contribution in [3.63, 3.8) is 0 Å². The topological polar surface area (TPSA) is 73.2 Å². The first-order valence-corrected chi connectivity index (χ1v) is 12.7. The largest absolute Gasteiger partial charge is 0.382 e. The number of benzene rings is 1. The summed E-state index contributed by atoms with van der Waals surface area (Å²) in [4.78, 5) is 32.6. The van der Waals surface area contributed by atoms with Gasteiger partial charge in [-0.15, -0.1) is 11.3 Å². The number of ether oxygens (including phenoxy) is 1. The lowest BCUT2D eigenvalue weighted by molar-refractivity contribution is -0.113. The Labute approximate surface area is 197 Å². The number of aromatic nitrogens is 2. The van der Waals surface area contributed by atoms with Crippen molar-refractivity contribution in [2.75, 3.05) is 24.3 Å². The Bertz CT molecular complexity index is 1150. The van der Waals surface area contributed by atoms with Crippen molar-refractivity contribution in [1.29, 1.82) is 0 Å². The van der Waals surface area contributed by atoms with Crippen LogP contribution >= 0.6 is 23.1 Å². The summed E-state index contributed by atoms with van der Waals surface area (Å²) >= 11 is 2.83. The zero-order valence-corrected chi connectivity index (χ0v) is 21.0. The number of thioether (sulfide) groups is 1. The smallest absolute Gasteiger partial charge is 0.263 e. The van der Waals surface area contributed by atoms with E-state index in [0.29, 0.717) is 42.6 Å². The summed E-state index contributed by atoms with van der Waals surface area (Å²) in [6, 6.07) is 7.84. The van der Waals surface area contributed by atoms with Crippen LogP contribution in [0, 0.1) is 13.8 Å². The number of rotatable bonds is 10. The third-order valence-corrected chi connectivity index (χ3v) is 7.40. The summed E-state index contributed by atoms with van der Waals surface area (Å²) < 4.78 is 7.14. The first-order chi connectivity index (χ1) is 15.3. The predicted molar refractivity (Wildman–Crippen MR) is 134 cm³/mol. The number of fused-ring (bicyclic) bond motifs is 1. The lowest BCUT2D eigenvalue weighted by Crippen LogP contribution is -2.25. The Kier molecular flexibility index (Phi) is 8.51. The van der Waals surface area contributed by atoms with Crippen molar-refractivity contribution in [2.45, 2.75) is 58.7 Å². The van der Waals surface area contributed by atoms with E-state index in [9.17, 15) is 9.59 Å². The highest BCUT2D eigenvalue weighted by Crippen LogP contribution is 2.29. The van der Waals surface area contributed by atoms with Crippen LogP contribution in [0.4, 0.5) is 5.69 Å². The molecule has 6 nitrogen and oxygen atoms in total. The Hall–Kier alpha value is -2.16. The van der Waals surface area contributed by atoms with Crippen molar-refractivity contribution in [1.82, 2.24) is 9.55 Å². The molecule has 3 rings (SSSR count). The summed E-state index contributed by atoms with van der Waals surface area (Å²) in [5.41, 5.74) is 2.87. The molecule has 0 saturated heterocycles. The summed E-state index contributed by atoms with van der Waals surface area (Å²) in [5, 5.41) is 4.27. The van der Waals surface area contributed by atoms with Gasteiger partial charge in [-0.3, -0.25) is 14.2 Å². The average Bonchev–Trinajstić information content (AvgIpc) is 3.05. The molecule has 0 atom stereocenters. The van der Waals surface area contributed by atoms with Crippen LogP contribution in [0.15, 0.2) is 34.2 Å². The molecule has 172 valence electrons. The maximum absolute atomic E-state index is 13.3.